The van der Waals surface area contributed by atoms with E-state index in [-0.39, 0.29) is 13.2 Å². The van der Waals surface area contributed by atoms with Gasteiger partial charge in [-0.1, -0.05) is 6.07 Å². The molecule has 1 aromatic carbocycles. The Morgan fingerprint density at radius 3 is 2.73 bits per heavy atom. The van der Waals surface area contributed by atoms with Crippen molar-refractivity contribution in [2.75, 3.05) is 13.2 Å². The number of hydrogen-bond acceptors (Lipinski definition) is 5. The summed E-state index contributed by atoms with van der Waals surface area (Å²) in [5.74, 6) is 1.44. The number of hydrogen-bond donors (Lipinski definition) is 3. The Bertz CT molecular complexity index is 707. The van der Waals surface area contributed by atoms with E-state index in [9.17, 15) is 5.11 Å². The van der Waals surface area contributed by atoms with Gasteiger partial charge in [-0.2, -0.15) is 0 Å². The summed E-state index contributed by atoms with van der Waals surface area (Å²) >= 11 is 1.65. The van der Waals surface area contributed by atoms with Crippen molar-refractivity contribution in [3.8, 4) is 27.7 Å². The van der Waals surface area contributed by atoms with Crippen LogP contribution in [0.1, 0.15) is 0 Å². The van der Waals surface area contributed by atoms with Gasteiger partial charge in [0.1, 0.15) is 24.3 Å². The Kier molecular flexibility index (Phi) is 4.53. The first-order valence-electron chi connectivity index (χ1n) is 6.87. The molecular formula is C16H16N2O3S. The van der Waals surface area contributed by atoms with Crippen molar-refractivity contribution in [2.45, 2.75) is 6.10 Å². The molecule has 0 saturated heterocycles. The van der Waals surface area contributed by atoms with Crippen LogP contribution < -0.4 is 4.74 Å². The van der Waals surface area contributed by atoms with Crippen LogP contribution in [0.15, 0.2) is 48.0 Å². The number of H-pyrrole nitrogens is 1. The molecule has 0 fully saturated rings. The first-order valence-corrected chi connectivity index (χ1v) is 7.75. The number of imidazole rings is 1. The molecule has 2 heterocycles. The highest BCUT2D eigenvalue weighted by Crippen LogP contribution is 2.26. The van der Waals surface area contributed by atoms with E-state index < -0.39 is 6.10 Å². The Morgan fingerprint density at radius 1 is 1.23 bits per heavy atom. The lowest BCUT2D eigenvalue weighted by Gasteiger charge is -2.09. The lowest BCUT2D eigenvalue weighted by molar-refractivity contribution is 0.0536. The molecule has 0 aliphatic heterocycles. The van der Waals surface area contributed by atoms with Gasteiger partial charge in [-0.25, -0.2) is 4.98 Å². The van der Waals surface area contributed by atoms with Gasteiger partial charge in [0, 0.05) is 11.8 Å². The van der Waals surface area contributed by atoms with Crippen LogP contribution in [0.25, 0.3) is 22.0 Å². The standard InChI is InChI=1S/C16H16N2O3S/c19-9-12(20)10-21-13-5-3-11(4-6-13)16-17-8-14(18-16)15-2-1-7-22-15/h1-8,12,19-20H,9-10H2,(H,17,18). The molecule has 3 rings (SSSR count). The van der Waals surface area contributed by atoms with Crippen LogP contribution in [0.3, 0.4) is 0 Å². The minimum absolute atomic E-state index is 0.0686. The van der Waals surface area contributed by atoms with Gasteiger partial charge in [-0.3, -0.25) is 0 Å². The summed E-state index contributed by atoms with van der Waals surface area (Å²) in [5, 5.41) is 20.0. The molecule has 1 unspecified atom stereocenters. The number of nitrogens with one attached hydrogen (secondary N) is 1. The summed E-state index contributed by atoms with van der Waals surface area (Å²) < 4.78 is 5.37. The highest BCUT2D eigenvalue weighted by molar-refractivity contribution is 7.13. The summed E-state index contributed by atoms with van der Waals surface area (Å²) in [6, 6.07) is 11.5. The number of thiophene rings is 1. The van der Waals surface area contributed by atoms with Crippen molar-refractivity contribution in [1.82, 2.24) is 9.97 Å². The normalized spacial score (nSPS) is 12.3. The number of nitrogens with zero attached hydrogens (tertiary/aromatic N) is 1. The summed E-state index contributed by atoms with van der Waals surface area (Å²) in [6.45, 7) is -0.241. The summed E-state index contributed by atoms with van der Waals surface area (Å²) in [6.07, 6.45) is 1.03. The van der Waals surface area contributed by atoms with Gasteiger partial charge in [0.2, 0.25) is 0 Å². The monoisotopic (exact) mass is 316 g/mol. The van der Waals surface area contributed by atoms with Crippen LogP contribution in [0.2, 0.25) is 0 Å². The number of aliphatic hydroxyl groups excluding tert-OH is 2. The number of aromatic nitrogens is 2. The third kappa shape index (κ3) is 3.36. The topological polar surface area (TPSA) is 78.4 Å². The zero-order valence-corrected chi connectivity index (χ0v) is 12.6. The molecular weight excluding hydrogens is 300 g/mol. The van der Waals surface area contributed by atoms with Crippen molar-refractivity contribution < 1.29 is 14.9 Å². The van der Waals surface area contributed by atoms with Crippen molar-refractivity contribution in [3.05, 3.63) is 48.0 Å². The largest absolute Gasteiger partial charge is 0.491 e. The molecule has 1 atom stereocenters. The van der Waals surface area contributed by atoms with Gasteiger partial charge in [0.05, 0.1) is 17.2 Å². The number of aromatic amines is 1. The van der Waals surface area contributed by atoms with E-state index in [4.69, 9.17) is 9.84 Å². The summed E-state index contributed by atoms with van der Waals surface area (Å²) in [4.78, 5) is 8.88. The van der Waals surface area contributed by atoms with Crippen LogP contribution >= 0.6 is 11.3 Å². The van der Waals surface area contributed by atoms with Crippen molar-refractivity contribution >= 4 is 11.3 Å². The maximum Gasteiger partial charge on any atom is 0.138 e. The maximum atomic E-state index is 9.26. The van der Waals surface area contributed by atoms with Gasteiger partial charge in [0.25, 0.3) is 0 Å². The lowest BCUT2D eigenvalue weighted by atomic mass is 10.2. The van der Waals surface area contributed by atoms with Crippen molar-refractivity contribution in [1.29, 1.82) is 0 Å². The molecule has 3 aromatic rings. The van der Waals surface area contributed by atoms with Crippen LogP contribution in [0.4, 0.5) is 0 Å². The van der Waals surface area contributed by atoms with Crippen LogP contribution in [0, 0.1) is 0 Å². The molecule has 6 heteroatoms. The molecule has 0 radical (unpaired) electrons. The minimum atomic E-state index is -0.863. The Labute approximate surface area is 131 Å². The molecule has 2 aromatic heterocycles. The fraction of sp³-hybridized carbons (Fsp3) is 0.188. The van der Waals surface area contributed by atoms with E-state index in [0.717, 1.165) is 22.0 Å². The molecule has 0 saturated carbocycles. The third-order valence-electron chi connectivity index (χ3n) is 3.13. The highest BCUT2D eigenvalue weighted by Gasteiger charge is 2.07. The molecule has 0 amide bonds. The van der Waals surface area contributed by atoms with Gasteiger partial charge in [0.15, 0.2) is 0 Å². The summed E-state index contributed by atoms with van der Waals surface area (Å²) in [5.41, 5.74) is 1.88. The number of ether oxygens (including phenoxy) is 1. The second-order valence-corrected chi connectivity index (χ2v) is 5.73. The highest BCUT2D eigenvalue weighted by atomic mass is 32.1. The van der Waals surface area contributed by atoms with Crippen molar-refractivity contribution in [3.63, 3.8) is 0 Å². The average molecular weight is 316 g/mol. The molecule has 0 bridgehead atoms. The molecule has 0 aliphatic rings. The molecule has 3 N–H and O–H groups in total. The Hall–Kier alpha value is -2.15. The Balaban J connectivity index is 1.70. The van der Waals surface area contributed by atoms with E-state index in [1.54, 1.807) is 11.3 Å². The second kappa shape index (κ2) is 6.74. The van der Waals surface area contributed by atoms with Crippen LogP contribution in [-0.4, -0.2) is 39.5 Å². The van der Waals surface area contributed by atoms with E-state index in [0.29, 0.717) is 5.75 Å². The van der Waals surface area contributed by atoms with Gasteiger partial charge in [-0.15, -0.1) is 11.3 Å². The zero-order chi connectivity index (χ0) is 15.4. The van der Waals surface area contributed by atoms with Crippen molar-refractivity contribution in [2.24, 2.45) is 0 Å². The van der Waals surface area contributed by atoms with E-state index in [1.807, 2.05) is 48.0 Å². The van der Waals surface area contributed by atoms with Crippen LogP contribution in [-0.2, 0) is 0 Å². The quantitative estimate of drug-likeness (QED) is 0.653. The maximum absolute atomic E-state index is 9.26. The van der Waals surface area contributed by atoms with E-state index >= 15 is 0 Å². The molecule has 22 heavy (non-hydrogen) atoms. The van der Waals surface area contributed by atoms with Gasteiger partial charge < -0.3 is 19.9 Å². The number of benzene rings is 1. The number of aliphatic hydroxyl groups is 2. The molecule has 114 valence electrons. The smallest absolute Gasteiger partial charge is 0.138 e. The fourth-order valence-corrected chi connectivity index (χ4v) is 2.66. The fourth-order valence-electron chi connectivity index (χ4n) is 1.97. The average Bonchev–Trinajstić information content (AvgIpc) is 3.23. The first-order chi connectivity index (χ1) is 10.8. The van der Waals surface area contributed by atoms with Gasteiger partial charge >= 0.3 is 0 Å². The SMILES string of the molecule is OCC(O)COc1ccc(-c2nc(-c3cccs3)c[nH]2)cc1. The molecule has 5 nitrogen and oxygen atoms in total. The third-order valence-corrected chi connectivity index (χ3v) is 4.02. The molecule has 0 aliphatic carbocycles. The Morgan fingerprint density at radius 2 is 2.05 bits per heavy atom. The minimum Gasteiger partial charge on any atom is -0.491 e. The zero-order valence-electron chi connectivity index (χ0n) is 11.8. The first kappa shape index (κ1) is 14.8. The predicted octanol–water partition coefficient (Wildman–Crippen LogP) is 2.54. The van der Waals surface area contributed by atoms with E-state index in [2.05, 4.69) is 9.97 Å². The second-order valence-electron chi connectivity index (χ2n) is 4.78. The summed E-state index contributed by atoms with van der Waals surface area (Å²) in [7, 11) is 0. The van der Waals surface area contributed by atoms with Crippen LogP contribution in [0.5, 0.6) is 5.75 Å². The van der Waals surface area contributed by atoms with E-state index in [1.165, 1.54) is 0 Å². The number of rotatable bonds is 6. The lowest BCUT2D eigenvalue weighted by Crippen LogP contribution is -2.21. The van der Waals surface area contributed by atoms with Gasteiger partial charge in [-0.05, 0) is 35.7 Å². The predicted molar refractivity (Wildman–Crippen MR) is 85.9 cm³/mol. The molecule has 0 spiro atoms.